The number of halogens is 2. The van der Waals surface area contributed by atoms with Gasteiger partial charge in [0, 0.05) is 24.0 Å². The Morgan fingerprint density at radius 2 is 2.00 bits per heavy atom. The molecule has 1 saturated carbocycles. The molecule has 2 aliphatic carbocycles. The Balaban J connectivity index is 0.000000244. The lowest BCUT2D eigenvalue weighted by molar-refractivity contribution is 0.441. The van der Waals surface area contributed by atoms with Crippen LogP contribution in [0.1, 0.15) is 65.2 Å². The van der Waals surface area contributed by atoms with Crippen molar-refractivity contribution in [3.63, 3.8) is 0 Å². The molecule has 2 aromatic rings. The smallest absolute Gasteiger partial charge is 0.131 e. The molecule has 3 nitrogen and oxygen atoms in total. The van der Waals surface area contributed by atoms with Gasteiger partial charge >= 0.3 is 0 Å². The zero-order chi connectivity index (χ0) is 19.6. The van der Waals surface area contributed by atoms with Crippen LogP contribution >= 0.6 is 38.9 Å². The number of nitrogens with one attached hydrogen (secondary N) is 1. The summed E-state index contributed by atoms with van der Waals surface area (Å²) >= 11 is 11.3. The van der Waals surface area contributed by atoms with E-state index in [1.165, 1.54) is 56.9 Å². The Morgan fingerprint density at radius 1 is 1.26 bits per heavy atom. The van der Waals surface area contributed by atoms with Crippen molar-refractivity contribution in [1.29, 1.82) is 0 Å². The van der Waals surface area contributed by atoms with Gasteiger partial charge in [0.2, 0.25) is 0 Å². The summed E-state index contributed by atoms with van der Waals surface area (Å²) in [4.78, 5) is 4.35. The number of pyridine rings is 1. The van der Waals surface area contributed by atoms with E-state index in [0.717, 1.165) is 26.9 Å². The minimum absolute atomic E-state index is 0.532. The van der Waals surface area contributed by atoms with Crippen molar-refractivity contribution in [2.45, 2.75) is 71.3 Å². The molecule has 0 spiro atoms. The standard InChI is InChI=1S/C13H12BrClN2S.C6H13N.C2H6/c14-9-7-18-13-10(5-11(15)17-12(9)13)16-6-8-3-1-2-4-8;7-6-4-2-1-3-5-6;1-2/h3,5,7H,1-2,4,6H2,(H,16,17);6H,1-5,7H2;1-2H3. The van der Waals surface area contributed by atoms with Crippen molar-refractivity contribution in [1.82, 2.24) is 4.98 Å². The third-order valence-corrected chi connectivity index (χ3v) is 6.84. The first-order valence-corrected chi connectivity index (χ1v) is 12.1. The number of rotatable bonds is 3. The molecule has 6 heteroatoms. The lowest BCUT2D eigenvalue weighted by atomic mass is 9.97. The van der Waals surface area contributed by atoms with E-state index < -0.39 is 0 Å². The second kappa shape index (κ2) is 12.1. The molecule has 0 unspecified atom stereocenters. The SMILES string of the molecule is CC.Clc1cc(NCC2=CCCC2)c2scc(Br)c2n1.NC1CCCCC1. The van der Waals surface area contributed by atoms with Gasteiger partial charge in [0.15, 0.2) is 0 Å². The third-order valence-electron chi connectivity index (χ3n) is 4.74. The van der Waals surface area contributed by atoms with Crippen LogP contribution in [-0.4, -0.2) is 17.6 Å². The third kappa shape index (κ3) is 7.04. The topological polar surface area (TPSA) is 50.9 Å². The summed E-state index contributed by atoms with van der Waals surface area (Å²) in [5.74, 6) is 0. The van der Waals surface area contributed by atoms with Crippen molar-refractivity contribution in [3.8, 4) is 0 Å². The number of allylic oxidation sites excluding steroid dienone is 1. The molecule has 0 amide bonds. The first-order valence-electron chi connectivity index (χ1n) is 10.0. The van der Waals surface area contributed by atoms with Crippen LogP contribution in [0, 0.1) is 0 Å². The minimum atomic E-state index is 0.532. The summed E-state index contributed by atoms with van der Waals surface area (Å²) < 4.78 is 2.16. The fourth-order valence-electron chi connectivity index (χ4n) is 3.32. The van der Waals surface area contributed by atoms with Crippen molar-refractivity contribution in [2.75, 3.05) is 11.9 Å². The quantitative estimate of drug-likeness (QED) is 0.358. The number of nitrogens with zero attached hydrogens (tertiary/aromatic N) is 1. The normalized spacial score (nSPS) is 16.9. The van der Waals surface area contributed by atoms with Crippen LogP contribution in [0.5, 0.6) is 0 Å². The van der Waals surface area contributed by atoms with Crippen molar-refractivity contribution < 1.29 is 0 Å². The number of nitrogens with two attached hydrogens (primary N) is 1. The Hall–Kier alpha value is -0.620. The number of thiophene rings is 1. The Morgan fingerprint density at radius 3 is 2.59 bits per heavy atom. The average Bonchev–Trinajstić information content (AvgIpc) is 3.33. The fourth-order valence-corrected chi connectivity index (χ4v) is 5.07. The summed E-state index contributed by atoms with van der Waals surface area (Å²) in [5.41, 5.74) is 9.14. The maximum absolute atomic E-state index is 6.07. The molecule has 2 heterocycles. The first kappa shape index (κ1) is 22.7. The molecule has 0 aromatic carbocycles. The number of hydrogen-bond acceptors (Lipinski definition) is 4. The van der Waals surface area contributed by atoms with Gasteiger partial charge in [0.25, 0.3) is 0 Å². The Bertz CT molecular complexity index is 738. The second-order valence-electron chi connectivity index (χ2n) is 6.76. The van der Waals surface area contributed by atoms with Gasteiger partial charge in [-0.2, -0.15) is 0 Å². The van der Waals surface area contributed by atoms with E-state index in [2.05, 4.69) is 32.3 Å². The van der Waals surface area contributed by atoms with E-state index in [9.17, 15) is 0 Å². The molecule has 3 N–H and O–H groups in total. The minimum Gasteiger partial charge on any atom is -0.380 e. The molecule has 0 aliphatic heterocycles. The lowest BCUT2D eigenvalue weighted by Gasteiger charge is -2.15. The van der Waals surface area contributed by atoms with Gasteiger partial charge in [-0.1, -0.05) is 56.4 Å². The highest BCUT2D eigenvalue weighted by Gasteiger charge is 2.11. The van der Waals surface area contributed by atoms with E-state index >= 15 is 0 Å². The molecule has 27 heavy (non-hydrogen) atoms. The predicted octanol–water partition coefficient (Wildman–Crippen LogP) is 7.54. The van der Waals surface area contributed by atoms with E-state index in [1.54, 1.807) is 11.3 Å². The number of aromatic nitrogens is 1. The van der Waals surface area contributed by atoms with Gasteiger partial charge in [0.1, 0.15) is 5.15 Å². The summed E-state index contributed by atoms with van der Waals surface area (Å²) in [7, 11) is 0. The maximum Gasteiger partial charge on any atom is 0.131 e. The molecule has 4 rings (SSSR count). The number of hydrogen-bond donors (Lipinski definition) is 2. The van der Waals surface area contributed by atoms with Gasteiger partial charge in [-0.25, -0.2) is 4.98 Å². The van der Waals surface area contributed by atoms with Gasteiger partial charge in [-0.15, -0.1) is 11.3 Å². The molecular weight excluding hydrogens is 442 g/mol. The molecule has 0 radical (unpaired) electrons. The van der Waals surface area contributed by atoms with Gasteiger partial charge < -0.3 is 11.1 Å². The van der Waals surface area contributed by atoms with Crippen LogP contribution in [0.3, 0.4) is 0 Å². The van der Waals surface area contributed by atoms with E-state index in [4.69, 9.17) is 17.3 Å². The number of anilines is 1. The van der Waals surface area contributed by atoms with Gasteiger partial charge in [0.05, 0.1) is 20.4 Å². The molecule has 0 saturated heterocycles. The van der Waals surface area contributed by atoms with Crippen molar-refractivity contribution in [2.24, 2.45) is 5.73 Å². The number of fused-ring (bicyclic) bond motifs is 1. The van der Waals surface area contributed by atoms with Crippen LogP contribution in [0.15, 0.2) is 27.6 Å². The summed E-state index contributed by atoms with van der Waals surface area (Å²) in [6.45, 7) is 4.91. The summed E-state index contributed by atoms with van der Waals surface area (Å²) in [6.07, 6.45) is 12.7. The average molecular weight is 473 g/mol. The molecule has 0 bridgehead atoms. The second-order valence-corrected chi connectivity index (χ2v) is 8.88. The van der Waals surface area contributed by atoms with Crippen LogP contribution in [-0.2, 0) is 0 Å². The lowest BCUT2D eigenvalue weighted by Crippen LogP contribution is -2.22. The van der Waals surface area contributed by atoms with Crippen molar-refractivity contribution in [3.05, 3.63) is 32.7 Å². The summed E-state index contributed by atoms with van der Waals surface area (Å²) in [5, 5.41) is 6.06. The first-order chi connectivity index (χ1) is 13.1. The zero-order valence-electron chi connectivity index (χ0n) is 16.4. The highest BCUT2D eigenvalue weighted by Crippen LogP contribution is 2.36. The molecule has 2 aliphatic rings. The fraction of sp³-hybridized carbons (Fsp3) is 0.571. The van der Waals surface area contributed by atoms with Gasteiger partial charge in [-0.05, 0) is 48.0 Å². The van der Waals surface area contributed by atoms with Crippen LogP contribution in [0.2, 0.25) is 5.15 Å². The molecule has 0 atom stereocenters. The molecular formula is C21H31BrClN3S. The molecule has 150 valence electrons. The van der Waals surface area contributed by atoms with Gasteiger partial charge in [-0.3, -0.25) is 0 Å². The largest absolute Gasteiger partial charge is 0.380 e. The Kier molecular flexibility index (Phi) is 10.1. The monoisotopic (exact) mass is 471 g/mol. The predicted molar refractivity (Wildman–Crippen MR) is 125 cm³/mol. The Labute approximate surface area is 180 Å². The van der Waals surface area contributed by atoms with E-state index in [-0.39, 0.29) is 0 Å². The molecule has 1 fully saturated rings. The highest BCUT2D eigenvalue weighted by atomic mass is 79.9. The maximum atomic E-state index is 6.07. The van der Waals surface area contributed by atoms with Crippen molar-refractivity contribution >= 4 is 54.8 Å². The van der Waals surface area contributed by atoms with Crippen LogP contribution in [0.4, 0.5) is 5.69 Å². The van der Waals surface area contributed by atoms with Crippen LogP contribution < -0.4 is 11.1 Å². The molecule has 2 aromatic heterocycles. The van der Waals surface area contributed by atoms with E-state index in [1.807, 2.05) is 25.3 Å². The van der Waals surface area contributed by atoms with E-state index in [0.29, 0.717) is 11.2 Å². The van der Waals surface area contributed by atoms with Crippen LogP contribution in [0.25, 0.3) is 10.2 Å². The summed E-state index contributed by atoms with van der Waals surface area (Å²) in [6, 6.07) is 2.44. The zero-order valence-corrected chi connectivity index (χ0v) is 19.5. The highest BCUT2D eigenvalue weighted by molar-refractivity contribution is 9.10.